The number of anilines is 1. The highest BCUT2D eigenvalue weighted by atomic mass is 16.5. The number of pyridine rings is 1. The Morgan fingerprint density at radius 3 is 2.42 bits per heavy atom. The summed E-state index contributed by atoms with van der Waals surface area (Å²) in [6, 6.07) is 27.9. The Bertz CT molecular complexity index is 1650. The minimum Gasteiger partial charge on any atom is -0.497 e. The number of carbonyl (C=O) groups is 2. The smallest absolute Gasteiger partial charge is 0.205 e. The van der Waals surface area contributed by atoms with Crippen molar-refractivity contribution in [2.24, 2.45) is 0 Å². The molecule has 3 heterocycles. The quantitative estimate of drug-likeness (QED) is 0.211. The van der Waals surface area contributed by atoms with Crippen LogP contribution in [0.15, 0.2) is 97.2 Å². The number of nitrogens with zero attached hydrogens (tertiary/aromatic N) is 1. The number of rotatable bonds is 6. The zero-order valence-corrected chi connectivity index (χ0v) is 21.0. The van der Waals surface area contributed by atoms with Crippen molar-refractivity contribution in [2.75, 3.05) is 12.4 Å². The van der Waals surface area contributed by atoms with Gasteiger partial charge < -0.3 is 19.2 Å². The second-order valence-electron chi connectivity index (χ2n) is 9.36. The summed E-state index contributed by atoms with van der Waals surface area (Å²) in [5, 5.41) is 3.59. The van der Waals surface area contributed by atoms with Gasteiger partial charge in [0.05, 0.1) is 30.0 Å². The van der Waals surface area contributed by atoms with Crippen molar-refractivity contribution in [3.05, 3.63) is 120 Å². The Labute approximate surface area is 220 Å². The molecular weight excluding hydrogens is 476 g/mol. The highest BCUT2D eigenvalue weighted by Crippen LogP contribution is 2.44. The number of aldehydes is 1. The van der Waals surface area contributed by atoms with Crippen LogP contribution in [0.5, 0.6) is 11.5 Å². The fourth-order valence-electron chi connectivity index (χ4n) is 5.20. The Kier molecular flexibility index (Phi) is 5.92. The Balaban J connectivity index is 1.58. The number of benzene rings is 3. The molecule has 6 heteroatoms. The van der Waals surface area contributed by atoms with Crippen molar-refractivity contribution < 1.29 is 19.1 Å². The number of ether oxygens (including phenoxy) is 2. The summed E-state index contributed by atoms with van der Waals surface area (Å²) in [6.07, 6.45) is 1.87. The summed E-state index contributed by atoms with van der Waals surface area (Å²) in [7, 11) is 1.59. The molecule has 0 aliphatic carbocycles. The molecule has 0 radical (unpaired) electrons. The highest BCUT2D eigenvalue weighted by molar-refractivity contribution is 6.02. The maximum atomic E-state index is 14.0. The van der Waals surface area contributed by atoms with E-state index in [0.29, 0.717) is 22.8 Å². The average Bonchev–Trinajstić information content (AvgIpc) is 3.30. The van der Waals surface area contributed by atoms with E-state index in [1.54, 1.807) is 31.4 Å². The van der Waals surface area contributed by atoms with Crippen molar-refractivity contribution in [3.8, 4) is 22.6 Å². The summed E-state index contributed by atoms with van der Waals surface area (Å²) in [4.78, 5) is 26.5. The summed E-state index contributed by atoms with van der Waals surface area (Å²) in [6.45, 7) is 2.03. The molecule has 0 fully saturated rings. The molecule has 2 aromatic heterocycles. The lowest BCUT2D eigenvalue weighted by Crippen LogP contribution is -2.41. The van der Waals surface area contributed by atoms with Gasteiger partial charge in [-0.3, -0.25) is 9.59 Å². The van der Waals surface area contributed by atoms with Crippen molar-refractivity contribution in [2.45, 2.75) is 19.1 Å². The number of carbonyl (C=O) groups excluding carboxylic acids is 2. The Morgan fingerprint density at radius 2 is 1.68 bits per heavy atom. The molecule has 2 atom stereocenters. The zero-order chi connectivity index (χ0) is 26.2. The monoisotopic (exact) mass is 502 g/mol. The molecule has 6 rings (SSSR count). The zero-order valence-electron chi connectivity index (χ0n) is 21.0. The van der Waals surface area contributed by atoms with Gasteiger partial charge in [0, 0.05) is 22.9 Å². The van der Waals surface area contributed by atoms with E-state index in [4.69, 9.17) is 9.47 Å². The van der Waals surface area contributed by atoms with Gasteiger partial charge in [0.2, 0.25) is 5.78 Å². The molecule has 1 aliphatic rings. The second-order valence-corrected chi connectivity index (χ2v) is 9.36. The highest BCUT2D eigenvalue weighted by Gasteiger charge is 2.40. The number of para-hydroxylation sites is 2. The summed E-state index contributed by atoms with van der Waals surface area (Å²) in [5.74, 6) is 1.10. The summed E-state index contributed by atoms with van der Waals surface area (Å²) >= 11 is 0. The maximum absolute atomic E-state index is 14.0. The van der Waals surface area contributed by atoms with Crippen molar-refractivity contribution >= 4 is 23.3 Å². The van der Waals surface area contributed by atoms with Crippen LogP contribution >= 0.6 is 0 Å². The van der Waals surface area contributed by atoms with Gasteiger partial charge in [-0.2, -0.15) is 0 Å². The first-order valence-corrected chi connectivity index (χ1v) is 12.4. The molecule has 0 unspecified atom stereocenters. The van der Waals surface area contributed by atoms with E-state index >= 15 is 0 Å². The number of Topliss-reactive ketones (excluding diaryl/α,β-unsaturated/α-hetero) is 1. The third kappa shape index (κ3) is 3.91. The van der Waals surface area contributed by atoms with Gasteiger partial charge in [0.15, 0.2) is 12.4 Å². The molecule has 188 valence electrons. The molecule has 1 aliphatic heterocycles. The molecule has 0 bridgehead atoms. The van der Waals surface area contributed by atoms with Gasteiger partial charge >= 0.3 is 0 Å². The van der Waals surface area contributed by atoms with Gasteiger partial charge in [-0.15, -0.1) is 0 Å². The van der Waals surface area contributed by atoms with Crippen molar-refractivity contribution in [1.29, 1.82) is 0 Å². The van der Waals surface area contributed by atoms with E-state index < -0.39 is 12.1 Å². The minimum atomic E-state index is -0.881. The first-order chi connectivity index (χ1) is 18.6. The third-order valence-corrected chi connectivity index (χ3v) is 7.07. The van der Waals surface area contributed by atoms with Crippen LogP contribution in [-0.2, 0) is 0 Å². The van der Waals surface area contributed by atoms with Gasteiger partial charge in [-0.25, -0.2) is 0 Å². The number of nitrogens with one attached hydrogen (secondary N) is 1. The van der Waals surface area contributed by atoms with Gasteiger partial charge in [-0.1, -0.05) is 48.0 Å². The maximum Gasteiger partial charge on any atom is 0.205 e. The summed E-state index contributed by atoms with van der Waals surface area (Å²) in [5.41, 5.74) is 6.28. The fourth-order valence-corrected chi connectivity index (χ4v) is 5.20. The summed E-state index contributed by atoms with van der Waals surface area (Å²) < 4.78 is 13.6. The number of hydrogen-bond donors (Lipinski definition) is 1. The predicted molar refractivity (Wildman–Crippen MR) is 148 cm³/mol. The fraction of sp³-hybridized carbons (Fsp3) is 0.125. The molecule has 1 N–H and O–H groups in total. The van der Waals surface area contributed by atoms with Gasteiger partial charge in [0.25, 0.3) is 0 Å². The molecular formula is C32H26N2O4. The first kappa shape index (κ1) is 23.6. The molecule has 38 heavy (non-hydrogen) atoms. The number of aryl methyl sites for hydroxylation is 1. The van der Waals surface area contributed by atoms with Crippen molar-refractivity contribution in [1.82, 2.24) is 4.40 Å². The number of aromatic nitrogens is 1. The lowest BCUT2D eigenvalue weighted by Gasteiger charge is -2.35. The number of methoxy groups -OCH3 is 1. The topological polar surface area (TPSA) is 69.0 Å². The lowest BCUT2D eigenvalue weighted by molar-refractivity contribution is 0.0746. The van der Waals surface area contributed by atoms with Gasteiger partial charge in [0.1, 0.15) is 11.5 Å². The van der Waals surface area contributed by atoms with Gasteiger partial charge in [-0.05, 0) is 61.0 Å². The van der Waals surface area contributed by atoms with Crippen LogP contribution in [0.2, 0.25) is 0 Å². The number of fused-ring (bicyclic) bond motifs is 2. The molecule has 0 amide bonds. The SMILES string of the molecule is COc1ccc(C(=O)[C@@H]2Oc3ccccc3N[C@H]2c2c(-c3ccc(C)cc3)c(C=O)n3ccccc23)cc1. The predicted octanol–water partition coefficient (Wildman–Crippen LogP) is 6.53. The number of hydrogen-bond acceptors (Lipinski definition) is 5. The standard InChI is InChI=1S/C32H26N2O4/c1-20-10-12-21(13-11-20)28-26(19-35)34-18-6-5-8-25(34)29(28)30-32(38-27-9-4-3-7-24(27)33-30)31(36)22-14-16-23(37-2)17-15-22/h3-19,30,32-33H,1-2H3/t30-,32+/m0/s1. The van der Waals surface area contributed by atoms with Crippen LogP contribution in [0.25, 0.3) is 16.6 Å². The largest absolute Gasteiger partial charge is 0.497 e. The second kappa shape index (κ2) is 9.56. The average molecular weight is 503 g/mol. The molecule has 0 spiro atoms. The number of ketones is 1. The Morgan fingerprint density at radius 1 is 0.947 bits per heavy atom. The molecule has 0 saturated heterocycles. The van der Waals surface area contributed by atoms with E-state index in [1.165, 1.54) is 0 Å². The minimum absolute atomic E-state index is 0.169. The van der Waals surface area contributed by atoms with Crippen molar-refractivity contribution in [3.63, 3.8) is 0 Å². The van der Waals surface area contributed by atoms with Crippen LogP contribution < -0.4 is 14.8 Å². The van der Waals surface area contributed by atoms with E-state index in [0.717, 1.165) is 39.7 Å². The molecule has 6 nitrogen and oxygen atoms in total. The first-order valence-electron chi connectivity index (χ1n) is 12.4. The molecule has 0 saturated carbocycles. The van der Waals surface area contributed by atoms with E-state index in [-0.39, 0.29) is 5.78 Å². The lowest BCUT2D eigenvalue weighted by atomic mass is 9.88. The van der Waals surface area contributed by atoms with Crippen LogP contribution in [0.1, 0.15) is 38.0 Å². The van der Waals surface area contributed by atoms with Crippen LogP contribution in [-0.4, -0.2) is 29.7 Å². The van der Waals surface area contributed by atoms with E-state index in [9.17, 15) is 9.59 Å². The molecule has 5 aromatic rings. The van der Waals surface area contributed by atoms with Crippen LogP contribution in [0.3, 0.4) is 0 Å². The van der Waals surface area contributed by atoms with E-state index in [1.807, 2.05) is 84.3 Å². The Hall–Kier alpha value is -4.84. The third-order valence-electron chi connectivity index (χ3n) is 7.07. The normalized spacial score (nSPS) is 16.3. The molecule has 3 aromatic carbocycles. The van der Waals surface area contributed by atoms with Crippen LogP contribution in [0, 0.1) is 6.92 Å². The van der Waals surface area contributed by atoms with Crippen LogP contribution in [0.4, 0.5) is 5.69 Å². The van der Waals surface area contributed by atoms with E-state index in [2.05, 4.69) is 5.32 Å².